The van der Waals surface area contributed by atoms with Gasteiger partial charge in [-0.05, 0) is 24.3 Å². The molecule has 0 atom stereocenters. The van der Waals surface area contributed by atoms with Crippen LogP contribution in [0.25, 0.3) is 17.0 Å². The number of fused-ring (bicyclic) bond motifs is 1. The number of carbonyl (C=O) groups is 1. The van der Waals surface area contributed by atoms with Crippen LogP contribution in [0.4, 0.5) is 0 Å². The van der Waals surface area contributed by atoms with Gasteiger partial charge < -0.3 is 9.72 Å². The van der Waals surface area contributed by atoms with Crippen molar-refractivity contribution in [1.29, 1.82) is 0 Å². The zero-order valence-electron chi connectivity index (χ0n) is 8.66. The van der Waals surface area contributed by atoms with Crippen LogP contribution in [0, 0.1) is 0 Å². The van der Waals surface area contributed by atoms with E-state index in [1.807, 2.05) is 24.4 Å². The SMILES string of the molecule is COC(=O)/C=C/c1c[nH]c2ccc(Br)cc12. The molecule has 0 saturated carbocycles. The lowest BCUT2D eigenvalue weighted by atomic mass is 10.1. The van der Waals surface area contributed by atoms with Crippen molar-refractivity contribution < 1.29 is 9.53 Å². The third-order valence-corrected chi connectivity index (χ3v) is 2.77. The largest absolute Gasteiger partial charge is 0.466 e. The highest BCUT2D eigenvalue weighted by molar-refractivity contribution is 9.10. The molecule has 0 saturated heterocycles. The lowest BCUT2D eigenvalue weighted by molar-refractivity contribution is -0.134. The Kier molecular flexibility index (Phi) is 3.10. The fourth-order valence-electron chi connectivity index (χ4n) is 1.48. The average Bonchev–Trinajstić information content (AvgIpc) is 2.68. The van der Waals surface area contributed by atoms with Gasteiger partial charge in [0.25, 0.3) is 0 Å². The monoisotopic (exact) mass is 279 g/mol. The number of methoxy groups -OCH3 is 1. The first-order valence-corrected chi connectivity index (χ1v) is 5.52. The molecule has 0 spiro atoms. The van der Waals surface area contributed by atoms with Gasteiger partial charge in [0, 0.05) is 33.2 Å². The number of aromatic amines is 1. The van der Waals surface area contributed by atoms with Crippen molar-refractivity contribution in [3.05, 3.63) is 40.5 Å². The predicted octanol–water partition coefficient (Wildman–Crippen LogP) is 3.12. The summed E-state index contributed by atoms with van der Waals surface area (Å²) in [6.45, 7) is 0. The maximum absolute atomic E-state index is 11.0. The third kappa shape index (κ3) is 2.17. The number of nitrogens with one attached hydrogen (secondary N) is 1. The topological polar surface area (TPSA) is 42.1 Å². The molecule has 0 amide bonds. The lowest BCUT2D eigenvalue weighted by Gasteiger charge is -1.93. The van der Waals surface area contributed by atoms with E-state index in [0.717, 1.165) is 20.9 Å². The number of esters is 1. The molecule has 1 aromatic carbocycles. The van der Waals surface area contributed by atoms with Gasteiger partial charge in [0.15, 0.2) is 0 Å². The first-order chi connectivity index (χ1) is 7.70. The zero-order valence-corrected chi connectivity index (χ0v) is 10.2. The Hall–Kier alpha value is -1.55. The Balaban J connectivity index is 2.41. The van der Waals surface area contributed by atoms with E-state index in [0.29, 0.717) is 0 Å². The fraction of sp³-hybridized carbons (Fsp3) is 0.0833. The van der Waals surface area contributed by atoms with E-state index in [9.17, 15) is 4.79 Å². The van der Waals surface area contributed by atoms with Gasteiger partial charge in [-0.1, -0.05) is 15.9 Å². The van der Waals surface area contributed by atoms with E-state index in [-0.39, 0.29) is 5.97 Å². The minimum Gasteiger partial charge on any atom is -0.466 e. The second-order valence-corrected chi connectivity index (χ2v) is 4.21. The molecule has 0 radical (unpaired) electrons. The summed E-state index contributed by atoms with van der Waals surface area (Å²) in [6.07, 6.45) is 5.00. The van der Waals surface area contributed by atoms with Gasteiger partial charge in [-0.3, -0.25) is 0 Å². The molecule has 3 nitrogen and oxygen atoms in total. The lowest BCUT2D eigenvalue weighted by Crippen LogP contribution is -1.92. The van der Waals surface area contributed by atoms with Crippen molar-refractivity contribution in [3.8, 4) is 0 Å². The molecule has 0 aliphatic carbocycles. The van der Waals surface area contributed by atoms with E-state index < -0.39 is 0 Å². The molecule has 1 heterocycles. The summed E-state index contributed by atoms with van der Waals surface area (Å²) < 4.78 is 5.55. The Morgan fingerprint density at radius 2 is 2.31 bits per heavy atom. The molecular formula is C12H10BrNO2. The number of hydrogen-bond acceptors (Lipinski definition) is 2. The minimum atomic E-state index is -0.357. The highest BCUT2D eigenvalue weighted by Crippen LogP contribution is 2.23. The first-order valence-electron chi connectivity index (χ1n) is 4.73. The average molecular weight is 280 g/mol. The van der Waals surface area contributed by atoms with E-state index >= 15 is 0 Å². The van der Waals surface area contributed by atoms with Crippen molar-refractivity contribution in [2.24, 2.45) is 0 Å². The van der Waals surface area contributed by atoms with Crippen LogP contribution in [0.2, 0.25) is 0 Å². The van der Waals surface area contributed by atoms with Crippen molar-refractivity contribution in [2.45, 2.75) is 0 Å². The summed E-state index contributed by atoms with van der Waals surface area (Å²) in [5, 5.41) is 1.06. The van der Waals surface area contributed by atoms with Crippen LogP contribution in [-0.4, -0.2) is 18.1 Å². The molecule has 4 heteroatoms. The van der Waals surface area contributed by atoms with Gasteiger partial charge in [-0.25, -0.2) is 4.79 Å². The van der Waals surface area contributed by atoms with Gasteiger partial charge in [0.05, 0.1) is 7.11 Å². The standard InChI is InChI=1S/C12H10BrNO2/c1-16-12(15)5-2-8-7-14-11-4-3-9(13)6-10(8)11/h2-7,14H,1H3/b5-2+. The quantitative estimate of drug-likeness (QED) is 0.678. The van der Waals surface area contributed by atoms with E-state index in [4.69, 9.17) is 0 Å². The van der Waals surface area contributed by atoms with Gasteiger partial charge in [-0.2, -0.15) is 0 Å². The summed E-state index contributed by atoms with van der Waals surface area (Å²) in [4.78, 5) is 14.1. The Bertz CT molecular complexity index is 557. The Labute approximate surface area is 101 Å². The molecule has 0 fully saturated rings. The first kappa shape index (κ1) is 11.0. The Morgan fingerprint density at radius 3 is 3.06 bits per heavy atom. The molecule has 1 aromatic heterocycles. The zero-order chi connectivity index (χ0) is 11.5. The van der Waals surface area contributed by atoms with Crippen molar-refractivity contribution in [2.75, 3.05) is 7.11 Å². The van der Waals surface area contributed by atoms with Gasteiger partial charge in [0.2, 0.25) is 0 Å². The van der Waals surface area contributed by atoms with Crippen LogP contribution in [0.15, 0.2) is 34.9 Å². The summed E-state index contributed by atoms with van der Waals surface area (Å²) in [7, 11) is 1.36. The molecule has 0 unspecified atom stereocenters. The van der Waals surface area contributed by atoms with Crippen LogP contribution in [0.1, 0.15) is 5.56 Å². The maximum atomic E-state index is 11.0. The summed E-state index contributed by atoms with van der Waals surface area (Å²) in [6, 6.07) is 5.95. The van der Waals surface area contributed by atoms with Gasteiger partial charge >= 0.3 is 5.97 Å². The molecule has 0 bridgehead atoms. The molecule has 2 rings (SSSR count). The predicted molar refractivity (Wildman–Crippen MR) is 67.0 cm³/mol. The smallest absolute Gasteiger partial charge is 0.330 e. The second-order valence-electron chi connectivity index (χ2n) is 3.29. The van der Waals surface area contributed by atoms with Crippen molar-refractivity contribution in [3.63, 3.8) is 0 Å². The van der Waals surface area contributed by atoms with Crippen LogP contribution < -0.4 is 0 Å². The van der Waals surface area contributed by atoms with Crippen LogP contribution in [0.5, 0.6) is 0 Å². The number of aromatic nitrogens is 1. The number of halogens is 1. The van der Waals surface area contributed by atoms with Crippen LogP contribution in [0.3, 0.4) is 0 Å². The summed E-state index contributed by atoms with van der Waals surface area (Å²) in [5.74, 6) is -0.357. The number of hydrogen-bond donors (Lipinski definition) is 1. The molecule has 82 valence electrons. The van der Waals surface area contributed by atoms with Crippen molar-refractivity contribution >= 4 is 38.9 Å². The summed E-state index contributed by atoms with van der Waals surface area (Å²) >= 11 is 3.42. The number of carbonyl (C=O) groups excluding carboxylic acids is 1. The van der Waals surface area contributed by atoms with Crippen LogP contribution in [-0.2, 0) is 9.53 Å². The number of rotatable bonds is 2. The normalized spacial score (nSPS) is 11.1. The third-order valence-electron chi connectivity index (χ3n) is 2.28. The van der Waals surface area contributed by atoms with Gasteiger partial charge in [-0.15, -0.1) is 0 Å². The van der Waals surface area contributed by atoms with Crippen molar-refractivity contribution in [1.82, 2.24) is 4.98 Å². The highest BCUT2D eigenvalue weighted by Gasteiger charge is 2.01. The fourth-order valence-corrected chi connectivity index (χ4v) is 1.84. The number of H-pyrrole nitrogens is 1. The molecular weight excluding hydrogens is 270 g/mol. The molecule has 1 N–H and O–H groups in total. The maximum Gasteiger partial charge on any atom is 0.330 e. The van der Waals surface area contributed by atoms with E-state index in [2.05, 4.69) is 25.7 Å². The van der Waals surface area contributed by atoms with Crippen LogP contribution >= 0.6 is 15.9 Å². The number of benzene rings is 1. The molecule has 0 aliphatic heterocycles. The number of ether oxygens (including phenoxy) is 1. The minimum absolute atomic E-state index is 0.357. The molecule has 2 aromatic rings. The summed E-state index contributed by atoms with van der Waals surface area (Å²) in [5.41, 5.74) is 1.99. The highest BCUT2D eigenvalue weighted by atomic mass is 79.9. The second kappa shape index (κ2) is 4.53. The molecule has 0 aliphatic rings. The van der Waals surface area contributed by atoms with E-state index in [1.165, 1.54) is 13.2 Å². The van der Waals surface area contributed by atoms with Gasteiger partial charge in [0.1, 0.15) is 0 Å². The molecule has 16 heavy (non-hydrogen) atoms. The Morgan fingerprint density at radius 1 is 1.50 bits per heavy atom. The van der Waals surface area contributed by atoms with E-state index in [1.54, 1.807) is 6.08 Å².